The number of hydrogen-bond donors (Lipinski definition) is 1. The Morgan fingerprint density at radius 3 is 2.14 bits per heavy atom. The number of ketones is 2. The standard InChI is InChI=1S/C29H34F3NO2/c1-28(2)15-21-24(22(34)16-28)23(17-7-3-4-8-17)25(26(33-21)18-9-5-6-10-18)27(35)19-11-13-20(14-12-19)29(30,31)32/h11-14,17-18,23,33H,3-10,15-16H2,1-2H3. The zero-order chi connectivity index (χ0) is 25.0. The lowest BCUT2D eigenvalue weighted by Gasteiger charge is -2.43. The van der Waals surface area contributed by atoms with E-state index < -0.39 is 11.7 Å². The van der Waals surface area contributed by atoms with Gasteiger partial charge in [-0.1, -0.05) is 51.7 Å². The first-order chi connectivity index (χ1) is 16.5. The normalized spacial score (nSPS) is 25.7. The molecule has 3 nitrogen and oxygen atoms in total. The molecule has 5 rings (SSSR count). The van der Waals surface area contributed by atoms with Crippen LogP contribution in [0.3, 0.4) is 0 Å². The van der Waals surface area contributed by atoms with Crippen molar-refractivity contribution in [3.8, 4) is 0 Å². The molecule has 1 aliphatic heterocycles. The molecule has 1 unspecified atom stereocenters. The highest BCUT2D eigenvalue weighted by atomic mass is 19.4. The van der Waals surface area contributed by atoms with Gasteiger partial charge in [0.1, 0.15) is 0 Å². The summed E-state index contributed by atoms with van der Waals surface area (Å²) in [5.74, 6) is 0.0688. The first kappa shape index (κ1) is 24.3. The number of nitrogens with one attached hydrogen (secondary N) is 1. The number of Topliss-reactive ketones (excluding diaryl/α,β-unsaturated/α-hetero) is 2. The van der Waals surface area contributed by atoms with Crippen LogP contribution in [0.15, 0.2) is 46.8 Å². The van der Waals surface area contributed by atoms with E-state index in [1.54, 1.807) is 0 Å². The lowest BCUT2D eigenvalue weighted by Crippen LogP contribution is -2.42. The molecular formula is C29H34F3NO2. The van der Waals surface area contributed by atoms with Crippen LogP contribution in [-0.4, -0.2) is 11.6 Å². The van der Waals surface area contributed by atoms with Gasteiger partial charge < -0.3 is 5.32 Å². The third-order valence-electron chi connectivity index (χ3n) is 8.47. The molecule has 1 aromatic rings. The van der Waals surface area contributed by atoms with E-state index in [2.05, 4.69) is 19.2 Å². The largest absolute Gasteiger partial charge is 0.416 e. The summed E-state index contributed by atoms with van der Waals surface area (Å²) < 4.78 is 39.5. The predicted octanol–water partition coefficient (Wildman–Crippen LogP) is 7.39. The summed E-state index contributed by atoms with van der Waals surface area (Å²) >= 11 is 0. The molecule has 1 heterocycles. The van der Waals surface area contributed by atoms with Crippen LogP contribution >= 0.6 is 0 Å². The van der Waals surface area contributed by atoms with Gasteiger partial charge in [0.05, 0.1) is 5.56 Å². The molecule has 1 N–H and O–H groups in total. The van der Waals surface area contributed by atoms with Gasteiger partial charge in [-0.2, -0.15) is 13.2 Å². The maximum atomic E-state index is 14.1. The number of carbonyl (C=O) groups is 2. The molecule has 188 valence electrons. The summed E-state index contributed by atoms with van der Waals surface area (Å²) in [7, 11) is 0. The van der Waals surface area contributed by atoms with Crippen LogP contribution in [-0.2, 0) is 11.0 Å². The maximum absolute atomic E-state index is 14.1. The Morgan fingerprint density at radius 1 is 0.943 bits per heavy atom. The van der Waals surface area contributed by atoms with Crippen molar-refractivity contribution in [2.24, 2.45) is 23.2 Å². The number of alkyl halides is 3. The Morgan fingerprint density at radius 2 is 1.54 bits per heavy atom. The van der Waals surface area contributed by atoms with Crippen molar-refractivity contribution >= 4 is 11.6 Å². The predicted molar refractivity (Wildman–Crippen MR) is 128 cm³/mol. The molecular weight excluding hydrogens is 451 g/mol. The van der Waals surface area contributed by atoms with Crippen molar-refractivity contribution in [3.05, 3.63) is 57.9 Å². The zero-order valence-electron chi connectivity index (χ0n) is 20.6. The van der Waals surface area contributed by atoms with E-state index in [4.69, 9.17) is 0 Å². The smallest absolute Gasteiger partial charge is 0.361 e. The number of dihydropyridines is 1. The average Bonchev–Trinajstić information content (AvgIpc) is 3.50. The van der Waals surface area contributed by atoms with E-state index in [9.17, 15) is 22.8 Å². The van der Waals surface area contributed by atoms with Crippen LogP contribution in [0.2, 0.25) is 0 Å². The number of hydrogen-bond acceptors (Lipinski definition) is 3. The summed E-state index contributed by atoms with van der Waals surface area (Å²) in [6.07, 6.45) is 5.06. The molecule has 0 saturated heterocycles. The SMILES string of the molecule is CC1(C)CC(=O)C2=C(C1)NC(C1CCCC1)=C(C(=O)c1ccc(C(F)(F)F)cc1)C2C1CCCC1. The summed E-state index contributed by atoms with van der Waals surface area (Å²) in [5.41, 5.74) is 2.70. The lowest BCUT2D eigenvalue weighted by molar-refractivity contribution is -0.137. The molecule has 0 spiro atoms. The Hall–Kier alpha value is -2.37. The van der Waals surface area contributed by atoms with Crippen molar-refractivity contribution in [2.45, 2.75) is 84.2 Å². The van der Waals surface area contributed by atoms with E-state index in [-0.39, 0.29) is 40.3 Å². The Bertz CT molecular complexity index is 1080. The Kier molecular flexibility index (Phi) is 6.21. The second-order valence-corrected chi connectivity index (χ2v) is 11.7. The van der Waals surface area contributed by atoms with E-state index in [0.29, 0.717) is 12.0 Å². The number of carbonyl (C=O) groups excluding carboxylic acids is 2. The molecule has 1 atom stereocenters. The fraction of sp³-hybridized carbons (Fsp3) is 0.586. The molecule has 0 amide bonds. The fourth-order valence-electron chi connectivity index (χ4n) is 6.88. The molecule has 4 aliphatic rings. The van der Waals surface area contributed by atoms with Crippen LogP contribution in [0.4, 0.5) is 13.2 Å². The average molecular weight is 486 g/mol. The minimum Gasteiger partial charge on any atom is -0.361 e. The first-order valence-corrected chi connectivity index (χ1v) is 13.0. The zero-order valence-corrected chi connectivity index (χ0v) is 20.6. The quantitative estimate of drug-likeness (QED) is 0.453. The summed E-state index contributed by atoms with van der Waals surface area (Å²) in [4.78, 5) is 27.6. The van der Waals surface area contributed by atoms with Crippen LogP contribution in [0.5, 0.6) is 0 Å². The Balaban J connectivity index is 1.63. The third kappa shape index (κ3) is 4.61. The second kappa shape index (κ2) is 8.94. The second-order valence-electron chi connectivity index (χ2n) is 11.7. The topological polar surface area (TPSA) is 46.2 Å². The van der Waals surface area contributed by atoms with Gasteiger partial charge in [0, 0.05) is 40.4 Å². The highest BCUT2D eigenvalue weighted by molar-refractivity contribution is 6.12. The van der Waals surface area contributed by atoms with Gasteiger partial charge in [-0.25, -0.2) is 0 Å². The number of rotatable bonds is 4. The molecule has 0 radical (unpaired) electrons. The molecule has 0 aromatic heterocycles. The van der Waals surface area contributed by atoms with Gasteiger partial charge in [-0.3, -0.25) is 9.59 Å². The summed E-state index contributed by atoms with van der Waals surface area (Å²) in [6.45, 7) is 4.23. The van der Waals surface area contributed by atoms with Crippen LogP contribution in [0.1, 0.15) is 94.0 Å². The third-order valence-corrected chi connectivity index (χ3v) is 8.47. The molecule has 3 aliphatic carbocycles. The van der Waals surface area contributed by atoms with E-state index in [1.807, 2.05) is 0 Å². The van der Waals surface area contributed by atoms with Gasteiger partial charge in [-0.05, 0) is 61.5 Å². The van der Waals surface area contributed by atoms with Crippen molar-refractivity contribution in [1.29, 1.82) is 0 Å². The van der Waals surface area contributed by atoms with E-state index >= 15 is 0 Å². The summed E-state index contributed by atoms with van der Waals surface area (Å²) in [5, 5.41) is 3.61. The molecule has 35 heavy (non-hydrogen) atoms. The minimum atomic E-state index is -4.45. The van der Waals surface area contributed by atoms with Gasteiger partial charge in [0.2, 0.25) is 0 Å². The van der Waals surface area contributed by atoms with Crippen molar-refractivity contribution in [3.63, 3.8) is 0 Å². The minimum absolute atomic E-state index is 0.115. The number of benzene rings is 1. The maximum Gasteiger partial charge on any atom is 0.416 e. The molecule has 2 saturated carbocycles. The van der Waals surface area contributed by atoms with Crippen molar-refractivity contribution in [1.82, 2.24) is 5.32 Å². The number of halogens is 3. The lowest BCUT2D eigenvalue weighted by atomic mass is 9.65. The molecule has 1 aromatic carbocycles. The molecule has 6 heteroatoms. The van der Waals surface area contributed by atoms with Crippen LogP contribution < -0.4 is 5.32 Å². The van der Waals surface area contributed by atoms with Gasteiger partial charge in [-0.15, -0.1) is 0 Å². The van der Waals surface area contributed by atoms with Crippen LogP contribution in [0, 0.1) is 23.2 Å². The Labute approximate surface area is 205 Å². The highest BCUT2D eigenvalue weighted by Crippen LogP contribution is 2.51. The first-order valence-electron chi connectivity index (χ1n) is 13.0. The monoisotopic (exact) mass is 485 g/mol. The fourth-order valence-corrected chi connectivity index (χ4v) is 6.88. The highest BCUT2D eigenvalue weighted by Gasteiger charge is 2.47. The van der Waals surface area contributed by atoms with Crippen molar-refractivity contribution < 1.29 is 22.8 Å². The van der Waals surface area contributed by atoms with E-state index in [0.717, 1.165) is 86.9 Å². The van der Waals surface area contributed by atoms with Gasteiger partial charge >= 0.3 is 6.18 Å². The van der Waals surface area contributed by atoms with Gasteiger partial charge in [0.15, 0.2) is 11.6 Å². The van der Waals surface area contributed by atoms with Crippen molar-refractivity contribution in [2.75, 3.05) is 0 Å². The van der Waals surface area contributed by atoms with Crippen LogP contribution in [0.25, 0.3) is 0 Å². The molecule has 2 fully saturated rings. The van der Waals surface area contributed by atoms with E-state index in [1.165, 1.54) is 12.1 Å². The molecule has 0 bridgehead atoms. The van der Waals surface area contributed by atoms with Gasteiger partial charge in [0.25, 0.3) is 0 Å². The number of allylic oxidation sites excluding steroid dienone is 4. The summed E-state index contributed by atoms with van der Waals surface area (Å²) in [6, 6.07) is 4.57.